The molecule has 0 bridgehead atoms. The van der Waals surface area contributed by atoms with Crippen molar-refractivity contribution in [2.45, 2.75) is 6.54 Å². The molecular formula is C19H17Cl5N2O2. The van der Waals surface area contributed by atoms with Gasteiger partial charge in [-0.25, -0.2) is 0 Å². The summed E-state index contributed by atoms with van der Waals surface area (Å²) in [7, 11) is 0. The maximum atomic E-state index is 12.5. The molecule has 1 amide bonds. The van der Waals surface area contributed by atoms with Gasteiger partial charge in [-0.2, -0.15) is 0 Å². The lowest BCUT2D eigenvalue weighted by Gasteiger charge is -2.34. The standard InChI is InChI=1S/C19H17Cl5N2O2/c20-14-15(21)17(23)19(18(24)16(14)22)28-11-13(27)26-8-6-25(7-9-26)10-12-4-2-1-3-5-12/h1-5H,6-11H2. The number of carbonyl (C=O) groups is 1. The van der Waals surface area contributed by atoms with E-state index in [1.54, 1.807) is 4.90 Å². The van der Waals surface area contributed by atoms with Gasteiger partial charge < -0.3 is 9.64 Å². The molecule has 1 aliphatic rings. The summed E-state index contributed by atoms with van der Waals surface area (Å²) in [6, 6.07) is 10.2. The summed E-state index contributed by atoms with van der Waals surface area (Å²) in [5, 5.41) is 0.180. The summed E-state index contributed by atoms with van der Waals surface area (Å²) >= 11 is 30.2. The number of amides is 1. The highest BCUT2D eigenvalue weighted by molar-refractivity contribution is 6.55. The molecule has 0 aromatic heterocycles. The largest absolute Gasteiger partial charge is 0.481 e. The minimum atomic E-state index is -0.216. The lowest BCUT2D eigenvalue weighted by Crippen LogP contribution is -2.49. The van der Waals surface area contributed by atoms with Crippen molar-refractivity contribution in [1.82, 2.24) is 9.80 Å². The van der Waals surface area contributed by atoms with Gasteiger partial charge in [0.25, 0.3) is 5.91 Å². The van der Waals surface area contributed by atoms with Crippen molar-refractivity contribution in [2.75, 3.05) is 32.8 Å². The summed E-state index contributed by atoms with van der Waals surface area (Å²) in [6.45, 7) is 3.48. The molecule has 150 valence electrons. The number of halogens is 5. The van der Waals surface area contributed by atoms with Crippen LogP contribution in [-0.4, -0.2) is 48.5 Å². The molecule has 0 aliphatic carbocycles. The van der Waals surface area contributed by atoms with Gasteiger partial charge in [-0.15, -0.1) is 0 Å². The second-order valence-electron chi connectivity index (χ2n) is 6.33. The van der Waals surface area contributed by atoms with E-state index < -0.39 is 0 Å². The Hall–Kier alpha value is -0.880. The van der Waals surface area contributed by atoms with Crippen molar-refractivity contribution in [3.05, 3.63) is 61.0 Å². The fourth-order valence-electron chi connectivity index (χ4n) is 2.93. The number of hydrogen-bond acceptors (Lipinski definition) is 3. The number of ether oxygens (including phenoxy) is 1. The first-order valence-corrected chi connectivity index (χ1v) is 10.5. The highest BCUT2D eigenvalue weighted by Crippen LogP contribution is 2.48. The Balaban J connectivity index is 1.54. The maximum Gasteiger partial charge on any atom is 0.260 e. The molecule has 2 aromatic rings. The molecule has 1 fully saturated rings. The molecule has 0 saturated carbocycles. The molecule has 28 heavy (non-hydrogen) atoms. The zero-order valence-corrected chi connectivity index (χ0v) is 18.5. The third-order valence-electron chi connectivity index (χ3n) is 4.48. The molecule has 0 radical (unpaired) electrons. The van der Waals surface area contributed by atoms with E-state index in [-0.39, 0.29) is 43.4 Å². The third-order valence-corrected chi connectivity index (χ3v) is 6.73. The van der Waals surface area contributed by atoms with Crippen molar-refractivity contribution in [2.24, 2.45) is 0 Å². The molecule has 9 heteroatoms. The number of piperazine rings is 1. The van der Waals surface area contributed by atoms with Gasteiger partial charge in [0, 0.05) is 32.7 Å². The number of carbonyl (C=O) groups excluding carboxylic acids is 1. The van der Waals surface area contributed by atoms with Gasteiger partial charge in [0.15, 0.2) is 12.4 Å². The number of benzene rings is 2. The third kappa shape index (κ3) is 4.99. The first-order valence-electron chi connectivity index (χ1n) is 8.56. The van der Waals surface area contributed by atoms with Crippen molar-refractivity contribution in [3.8, 4) is 5.75 Å². The normalized spacial score (nSPS) is 15.0. The summed E-state index contributed by atoms with van der Waals surface area (Å²) < 4.78 is 5.53. The van der Waals surface area contributed by atoms with Crippen LogP contribution in [-0.2, 0) is 11.3 Å². The molecule has 1 heterocycles. The fraction of sp³-hybridized carbons (Fsp3) is 0.316. The Labute approximate surface area is 188 Å². The van der Waals surface area contributed by atoms with E-state index in [9.17, 15) is 4.79 Å². The average molecular weight is 483 g/mol. The summed E-state index contributed by atoms with van der Waals surface area (Å²) in [6.07, 6.45) is 0. The van der Waals surface area contributed by atoms with Crippen LogP contribution in [0.4, 0.5) is 0 Å². The van der Waals surface area contributed by atoms with Crippen molar-refractivity contribution < 1.29 is 9.53 Å². The predicted octanol–water partition coefficient (Wildman–Crippen LogP) is 5.68. The van der Waals surface area contributed by atoms with Gasteiger partial charge in [0.05, 0.1) is 15.1 Å². The Morgan fingerprint density at radius 1 is 0.821 bits per heavy atom. The van der Waals surface area contributed by atoms with E-state index in [0.29, 0.717) is 13.1 Å². The van der Waals surface area contributed by atoms with Crippen LogP contribution in [0.2, 0.25) is 25.1 Å². The van der Waals surface area contributed by atoms with Crippen LogP contribution in [0.25, 0.3) is 0 Å². The first-order chi connectivity index (χ1) is 13.4. The Morgan fingerprint density at radius 2 is 1.36 bits per heavy atom. The van der Waals surface area contributed by atoms with Crippen LogP contribution >= 0.6 is 58.0 Å². The first kappa shape index (κ1) is 21.8. The van der Waals surface area contributed by atoms with E-state index in [0.717, 1.165) is 19.6 Å². The second kappa shape index (κ2) is 9.75. The summed E-state index contributed by atoms with van der Waals surface area (Å²) in [4.78, 5) is 16.6. The highest BCUT2D eigenvalue weighted by Gasteiger charge is 2.24. The second-order valence-corrected chi connectivity index (χ2v) is 8.22. The minimum absolute atomic E-state index is 0.0292. The highest BCUT2D eigenvalue weighted by atomic mass is 35.5. The Morgan fingerprint density at radius 3 is 1.93 bits per heavy atom. The van der Waals surface area contributed by atoms with Gasteiger partial charge >= 0.3 is 0 Å². The molecule has 2 aromatic carbocycles. The molecule has 3 rings (SSSR count). The molecule has 0 N–H and O–H groups in total. The van der Waals surface area contributed by atoms with E-state index in [4.69, 9.17) is 62.7 Å². The van der Waals surface area contributed by atoms with Gasteiger partial charge in [0.1, 0.15) is 10.0 Å². The van der Waals surface area contributed by atoms with Crippen LogP contribution in [0.3, 0.4) is 0 Å². The van der Waals surface area contributed by atoms with Crippen molar-refractivity contribution >= 4 is 63.9 Å². The Kier molecular flexibility index (Phi) is 7.60. The number of rotatable bonds is 5. The van der Waals surface area contributed by atoms with Gasteiger partial charge in [0.2, 0.25) is 0 Å². The monoisotopic (exact) mass is 480 g/mol. The van der Waals surface area contributed by atoms with Gasteiger partial charge in [-0.1, -0.05) is 88.3 Å². The molecule has 0 atom stereocenters. The zero-order valence-electron chi connectivity index (χ0n) is 14.7. The van der Waals surface area contributed by atoms with Crippen LogP contribution < -0.4 is 4.74 Å². The lowest BCUT2D eigenvalue weighted by molar-refractivity contribution is -0.135. The SMILES string of the molecule is O=C(COc1c(Cl)c(Cl)c(Cl)c(Cl)c1Cl)N1CCN(Cc2ccccc2)CC1. The number of hydrogen-bond donors (Lipinski definition) is 0. The predicted molar refractivity (Wildman–Crippen MR) is 115 cm³/mol. The zero-order chi connectivity index (χ0) is 20.3. The Bertz CT molecular complexity index is 826. The van der Waals surface area contributed by atoms with Gasteiger partial charge in [-0.3, -0.25) is 9.69 Å². The van der Waals surface area contributed by atoms with Crippen LogP contribution in [0.15, 0.2) is 30.3 Å². The summed E-state index contributed by atoms with van der Waals surface area (Å²) in [5.74, 6) is -0.104. The number of nitrogens with zero attached hydrogens (tertiary/aromatic N) is 2. The van der Waals surface area contributed by atoms with Crippen molar-refractivity contribution in [3.63, 3.8) is 0 Å². The molecule has 1 saturated heterocycles. The molecular weight excluding hydrogens is 465 g/mol. The lowest BCUT2D eigenvalue weighted by atomic mass is 10.2. The van der Waals surface area contributed by atoms with Crippen LogP contribution in [0, 0.1) is 0 Å². The topological polar surface area (TPSA) is 32.8 Å². The van der Waals surface area contributed by atoms with E-state index in [1.165, 1.54) is 5.56 Å². The molecule has 0 spiro atoms. The molecule has 4 nitrogen and oxygen atoms in total. The molecule has 0 unspecified atom stereocenters. The van der Waals surface area contributed by atoms with Crippen LogP contribution in [0.1, 0.15) is 5.56 Å². The fourth-order valence-corrected chi connectivity index (χ4v) is 4.16. The maximum absolute atomic E-state index is 12.5. The van der Waals surface area contributed by atoms with E-state index in [2.05, 4.69) is 17.0 Å². The smallest absolute Gasteiger partial charge is 0.260 e. The van der Waals surface area contributed by atoms with Crippen LogP contribution in [0.5, 0.6) is 5.75 Å². The quantitative estimate of drug-likeness (QED) is 0.406. The van der Waals surface area contributed by atoms with E-state index in [1.807, 2.05) is 18.2 Å². The van der Waals surface area contributed by atoms with Crippen molar-refractivity contribution in [1.29, 1.82) is 0 Å². The minimum Gasteiger partial charge on any atom is -0.481 e. The van der Waals surface area contributed by atoms with E-state index >= 15 is 0 Å². The average Bonchev–Trinajstić information content (AvgIpc) is 2.72. The summed E-state index contributed by atoms with van der Waals surface area (Å²) in [5.41, 5.74) is 1.26. The van der Waals surface area contributed by atoms with Gasteiger partial charge in [-0.05, 0) is 5.56 Å². The molecule has 1 aliphatic heterocycles.